The molecular weight excluding hydrogens is 88.0 g/mol. The molecule has 0 spiro atoms. The Bertz CT molecular complexity index is 69.2. The molecule has 0 radical (unpaired) electrons. The van der Waals surface area contributed by atoms with Crippen LogP contribution in [0.2, 0.25) is 0 Å². The molecule has 0 aromatic carbocycles. The van der Waals surface area contributed by atoms with Gasteiger partial charge in [-0.2, -0.15) is 0 Å². The van der Waals surface area contributed by atoms with E-state index >= 15 is 0 Å². The van der Waals surface area contributed by atoms with Crippen LogP contribution in [0.3, 0.4) is 0 Å². The number of nitrogens with zero attached hydrogens (tertiary/aromatic N) is 1. The second kappa shape index (κ2) is 2.28. The van der Waals surface area contributed by atoms with Gasteiger partial charge in [0.15, 0.2) is 0 Å². The highest BCUT2D eigenvalue weighted by Gasteiger charge is 1.81. The van der Waals surface area contributed by atoms with Gasteiger partial charge in [0.25, 0.3) is 0 Å². The van der Waals surface area contributed by atoms with Crippen molar-refractivity contribution in [2.45, 2.75) is 0 Å². The zero-order chi connectivity index (χ0) is 4.99. The summed E-state index contributed by atoms with van der Waals surface area (Å²) >= 11 is 0. The number of hydrogen-bond donors (Lipinski definition) is 1. The summed E-state index contributed by atoms with van der Waals surface area (Å²) in [5, 5.41) is 10.7. The van der Waals surface area contributed by atoms with Gasteiger partial charge in [0, 0.05) is 5.18 Å². The minimum Gasteiger partial charge on any atom is -0.757 e. The average molecular weight is 89.0 g/mol. The number of urea groups is 1. The molecule has 5 nitrogen and oxygen atoms in total. The van der Waals surface area contributed by atoms with Crippen molar-refractivity contribution in [3.63, 3.8) is 0 Å². The van der Waals surface area contributed by atoms with Gasteiger partial charge in [-0.15, -0.1) is 4.91 Å². The van der Waals surface area contributed by atoms with Crippen molar-refractivity contribution in [3.05, 3.63) is 10.1 Å². The molecule has 0 saturated heterocycles. The number of carbonyl (C=O) groups excluding carboxylic acids is 1. The Morgan fingerprint density at radius 2 is 2.33 bits per heavy atom. The van der Waals surface area contributed by atoms with E-state index in [-0.39, 0.29) is 0 Å². The average Bonchev–Trinajstić information content (AvgIpc) is 1.65. The van der Waals surface area contributed by atoms with Crippen LogP contribution in [-0.4, -0.2) is 6.03 Å². The second-order valence-electron chi connectivity index (χ2n) is 0.499. The van der Waals surface area contributed by atoms with Gasteiger partial charge in [-0.1, -0.05) is 0 Å². The summed E-state index contributed by atoms with van der Waals surface area (Å²) in [5.41, 5.74) is 0.747. The Morgan fingerprint density at radius 1 is 1.83 bits per heavy atom. The Balaban J connectivity index is 3.23. The minimum atomic E-state index is -1.39. The van der Waals surface area contributed by atoms with Gasteiger partial charge in [-0.25, -0.2) is 4.79 Å². The smallest absolute Gasteiger partial charge is 0.368 e. The predicted octanol–water partition coefficient (Wildman–Crippen LogP) is -0.0398. The van der Waals surface area contributed by atoms with Crippen LogP contribution in [0.1, 0.15) is 0 Å². The zero-order valence-electron chi connectivity index (χ0n) is 2.67. The van der Waals surface area contributed by atoms with E-state index < -0.39 is 6.03 Å². The van der Waals surface area contributed by atoms with Gasteiger partial charge < -0.3 is 10.7 Å². The third-order valence-corrected chi connectivity index (χ3v) is 0.170. The minimum absolute atomic E-state index is 0.747. The molecule has 0 rings (SSSR count). The molecule has 0 aliphatic heterocycles. The fraction of sp³-hybridized carbons (Fsp3) is 0. The lowest BCUT2D eigenvalue weighted by Gasteiger charge is -1.95. The van der Waals surface area contributed by atoms with Gasteiger partial charge in [0.1, 0.15) is 0 Å². The predicted molar refractivity (Wildman–Crippen MR) is 17.7 cm³/mol. The fourth-order valence-electron chi connectivity index (χ4n) is 0.0186. The third kappa shape index (κ3) is 1.36. The Labute approximate surface area is 32.9 Å². The van der Waals surface area contributed by atoms with Crippen molar-refractivity contribution < 1.29 is 4.79 Å². The SMILES string of the molecule is O=NC(=O)N[O-]. The molecule has 2 amide bonds. The van der Waals surface area contributed by atoms with Crippen LogP contribution in [0.5, 0.6) is 0 Å². The van der Waals surface area contributed by atoms with E-state index in [0.29, 0.717) is 0 Å². The van der Waals surface area contributed by atoms with Crippen LogP contribution in [0.15, 0.2) is 5.18 Å². The summed E-state index contributed by atoms with van der Waals surface area (Å²) in [6.45, 7) is 0. The highest BCUT2D eigenvalue weighted by molar-refractivity contribution is 5.74. The Morgan fingerprint density at radius 3 is 2.33 bits per heavy atom. The normalized spacial score (nSPS) is 6.83. The first-order valence-corrected chi connectivity index (χ1v) is 1.06. The van der Waals surface area contributed by atoms with E-state index in [2.05, 4.69) is 0 Å². The molecule has 0 unspecified atom stereocenters. The van der Waals surface area contributed by atoms with Gasteiger partial charge in [-0.3, -0.25) is 0 Å². The summed E-state index contributed by atoms with van der Waals surface area (Å²) in [6.07, 6.45) is 0. The molecule has 0 aromatic rings. The van der Waals surface area contributed by atoms with Crippen LogP contribution in [0, 0.1) is 10.1 Å². The molecule has 0 saturated carbocycles. The largest absolute Gasteiger partial charge is 0.757 e. The molecule has 34 valence electrons. The van der Waals surface area contributed by atoms with Crippen LogP contribution < -0.4 is 5.48 Å². The molecular formula is CHN2O3-. The highest BCUT2D eigenvalue weighted by atomic mass is 16.5. The molecule has 0 aliphatic rings. The van der Waals surface area contributed by atoms with Crippen LogP contribution in [0.4, 0.5) is 4.79 Å². The second-order valence-corrected chi connectivity index (χ2v) is 0.499. The monoisotopic (exact) mass is 89.0 g/mol. The number of rotatable bonds is 0. The van der Waals surface area contributed by atoms with Crippen molar-refractivity contribution in [2.24, 2.45) is 5.18 Å². The molecule has 0 aliphatic carbocycles. The van der Waals surface area contributed by atoms with Crippen molar-refractivity contribution in [2.75, 3.05) is 0 Å². The Hall–Kier alpha value is -0.970. The van der Waals surface area contributed by atoms with Gasteiger partial charge >= 0.3 is 6.03 Å². The van der Waals surface area contributed by atoms with Gasteiger partial charge in [0.05, 0.1) is 0 Å². The first-order chi connectivity index (χ1) is 2.81. The summed E-state index contributed by atoms with van der Waals surface area (Å²) < 4.78 is 0. The lowest BCUT2D eigenvalue weighted by molar-refractivity contribution is 0.252. The lowest BCUT2D eigenvalue weighted by atomic mass is 11.2. The maximum atomic E-state index is 9.28. The maximum absolute atomic E-state index is 9.28. The standard InChI is InChI=1S/CHN2O3/c4-1(2-5)3-6/h(H-,2,3,4,5,6)/q-1. The van der Waals surface area contributed by atoms with Crippen molar-refractivity contribution in [1.29, 1.82) is 0 Å². The first kappa shape index (κ1) is 5.03. The molecule has 0 bridgehead atoms. The number of carbonyl (C=O) groups is 1. The van der Waals surface area contributed by atoms with E-state index in [0.717, 1.165) is 5.48 Å². The zero-order valence-corrected chi connectivity index (χ0v) is 2.67. The van der Waals surface area contributed by atoms with Crippen molar-refractivity contribution in [1.82, 2.24) is 5.48 Å². The quantitative estimate of drug-likeness (QED) is 0.334. The highest BCUT2D eigenvalue weighted by Crippen LogP contribution is 1.63. The number of hydrogen-bond acceptors (Lipinski definition) is 3. The fourth-order valence-corrected chi connectivity index (χ4v) is 0.0186. The number of nitrogens with one attached hydrogen (secondary N) is 1. The van der Waals surface area contributed by atoms with Crippen molar-refractivity contribution in [3.8, 4) is 0 Å². The third-order valence-electron chi connectivity index (χ3n) is 0.170. The molecule has 0 fully saturated rings. The topological polar surface area (TPSA) is 81.6 Å². The van der Waals surface area contributed by atoms with E-state index in [9.17, 15) is 4.79 Å². The molecule has 5 heteroatoms. The van der Waals surface area contributed by atoms with Crippen LogP contribution in [-0.2, 0) is 0 Å². The molecule has 0 aromatic heterocycles. The van der Waals surface area contributed by atoms with Crippen LogP contribution in [0.25, 0.3) is 0 Å². The van der Waals surface area contributed by atoms with Crippen LogP contribution >= 0.6 is 0 Å². The summed E-state index contributed by atoms with van der Waals surface area (Å²) in [6, 6.07) is -1.39. The number of amides is 2. The number of hydroxylamine groups is 1. The summed E-state index contributed by atoms with van der Waals surface area (Å²) in [7, 11) is 0. The Kier molecular flexibility index (Phi) is 1.91. The summed E-state index contributed by atoms with van der Waals surface area (Å²) in [4.78, 5) is 18.2. The van der Waals surface area contributed by atoms with Gasteiger partial charge in [0.2, 0.25) is 0 Å². The van der Waals surface area contributed by atoms with Crippen molar-refractivity contribution >= 4 is 6.03 Å². The van der Waals surface area contributed by atoms with E-state index in [4.69, 9.17) is 10.1 Å². The van der Waals surface area contributed by atoms with E-state index in [1.165, 1.54) is 0 Å². The van der Waals surface area contributed by atoms with E-state index in [1.54, 1.807) is 5.18 Å². The molecule has 0 atom stereocenters. The summed E-state index contributed by atoms with van der Waals surface area (Å²) in [5.74, 6) is 0. The lowest BCUT2D eigenvalue weighted by Crippen LogP contribution is -2.08. The number of nitroso groups, excluding NO2 is 1. The molecule has 0 heterocycles. The molecule has 6 heavy (non-hydrogen) atoms. The molecule has 1 N–H and O–H groups in total. The van der Waals surface area contributed by atoms with Gasteiger partial charge in [-0.05, 0) is 0 Å². The van der Waals surface area contributed by atoms with E-state index in [1.807, 2.05) is 0 Å². The maximum Gasteiger partial charge on any atom is 0.368 e. The first-order valence-electron chi connectivity index (χ1n) is 1.06.